The summed E-state index contributed by atoms with van der Waals surface area (Å²) in [6, 6.07) is 52.0. The fourth-order valence-corrected chi connectivity index (χ4v) is 6.06. The molecule has 0 aliphatic carbocycles. The molecule has 0 aliphatic heterocycles. The van der Waals surface area contributed by atoms with Crippen LogP contribution in [0.5, 0.6) is 0 Å². The summed E-state index contributed by atoms with van der Waals surface area (Å²) in [5, 5.41) is 10.7. The van der Waals surface area contributed by atoms with Crippen LogP contribution in [0.25, 0.3) is 43.1 Å². The molecule has 0 nitrogen and oxygen atoms in total. The van der Waals surface area contributed by atoms with Gasteiger partial charge in [-0.15, -0.1) is 0 Å². The third-order valence-electron chi connectivity index (χ3n) is 9.02. The van der Waals surface area contributed by atoms with E-state index in [1.54, 1.807) is 0 Å². The molecule has 0 unspecified atom stereocenters. The van der Waals surface area contributed by atoms with Crippen LogP contribution in [0.2, 0.25) is 0 Å². The topological polar surface area (TPSA) is 0 Å². The van der Waals surface area contributed by atoms with Crippen LogP contribution in [0, 0.1) is 55.4 Å². The van der Waals surface area contributed by atoms with Gasteiger partial charge in [0.15, 0.2) is 0 Å². The first-order chi connectivity index (χ1) is 23.1. The highest BCUT2D eigenvalue weighted by Gasteiger charge is 1.97. The second-order valence-corrected chi connectivity index (χ2v) is 13.2. The first kappa shape index (κ1) is 34.1. The quantitative estimate of drug-likeness (QED) is 0.157. The predicted octanol–water partition coefficient (Wildman–Crippen LogP) is 13.8. The number of benzene rings is 8. The van der Waals surface area contributed by atoms with Crippen LogP contribution in [-0.2, 0) is 0 Å². The molecule has 0 spiro atoms. The Labute approximate surface area is 287 Å². The Morgan fingerprint density at radius 3 is 1.21 bits per heavy atom. The van der Waals surface area contributed by atoms with Gasteiger partial charge in [0, 0.05) is 0 Å². The minimum absolute atomic E-state index is 1.33. The Morgan fingerprint density at radius 2 is 0.646 bits per heavy atom. The second-order valence-electron chi connectivity index (χ2n) is 13.2. The molecule has 48 heavy (non-hydrogen) atoms. The molecule has 8 aromatic rings. The van der Waals surface area contributed by atoms with E-state index in [0.29, 0.717) is 0 Å². The van der Waals surface area contributed by atoms with E-state index in [1.165, 1.54) is 87.6 Å². The monoisotopic (exact) mass is 624 g/mol. The molecule has 240 valence electrons. The van der Waals surface area contributed by atoms with E-state index in [9.17, 15) is 0 Å². The first-order valence-corrected chi connectivity index (χ1v) is 16.9. The average molecular weight is 625 g/mol. The van der Waals surface area contributed by atoms with E-state index < -0.39 is 0 Å². The summed E-state index contributed by atoms with van der Waals surface area (Å²) in [6.45, 7) is 17.1. The molecule has 0 amide bonds. The summed E-state index contributed by atoms with van der Waals surface area (Å²) in [7, 11) is 0. The van der Waals surface area contributed by atoms with Crippen molar-refractivity contribution in [3.05, 3.63) is 190 Å². The lowest BCUT2D eigenvalue weighted by Gasteiger charge is -2.02. The molecule has 0 saturated carbocycles. The van der Waals surface area contributed by atoms with Crippen molar-refractivity contribution in [2.75, 3.05) is 0 Å². The van der Waals surface area contributed by atoms with Gasteiger partial charge in [-0.25, -0.2) is 0 Å². The van der Waals surface area contributed by atoms with Crippen LogP contribution in [0.15, 0.2) is 146 Å². The number of aryl methyl sites for hydroxylation is 8. The fourth-order valence-electron chi connectivity index (χ4n) is 6.06. The van der Waals surface area contributed by atoms with Gasteiger partial charge in [-0.2, -0.15) is 0 Å². The summed E-state index contributed by atoms with van der Waals surface area (Å²) in [5.74, 6) is 0. The van der Waals surface area contributed by atoms with Crippen LogP contribution in [-0.4, -0.2) is 0 Å². The van der Waals surface area contributed by atoms with Crippen molar-refractivity contribution >= 4 is 43.1 Å². The molecule has 0 aliphatic rings. The average Bonchev–Trinajstić information content (AvgIpc) is 3.06. The highest BCUT2D eigenvalue weighted by Crippen LogP contribution is 2.21. The van der Waals surface area contributed by atoms with Crippen molar-refractivity contribution in [3.8, 4) is 0 Å². The minimum atomic E-state index is 1.33. The van der Waals surface area contributed by atoms with Gasteiger partial charge in [-0.3, -0.25) is 0 Å². The molecule has 0 heteroatoms. The van der Waals surface area contributed by atoms with Gasteiger partial charge >= 0.3 is 0 Å². The lowest BCUT2D eigenvalue weighted by atomic mass is 10.0. The molecule has 0 aromatic heterocycles. The highest BCUT2D eigenvalue weighted by atomic mass is 14.0. The maximum atomic E-state index is 2.24. The molecular weight excluding hydrogens is 577 g/mol. The Bertz CT molecular complexity index is 2230. The van der Waals surface area contributed by atoms with Crippen LogP contribution in [0.3, 0.4) is 0 Å². The van der Waals surface area contributed by atoms with Gasteiger partial charge in [0.1, 0.15) is 0 Å². The largest absolute Gasteiger partial charge is 0.0616 e. The predicted molar refractivity (Wildman–Crippen MR) is 214 cm³/mol. The molecule has 0 atom stereocenters. The van der Waals surface area contributed by atoms with E-state index in [0.717, 1.165) is 0 Å². The Balaban J connectivity index is 0.000000125. The maximum absolute atomic E-state index is 2.24. The van der Waals surface area contributed by atoms with Crippen LogP contribution in [0.4, 0.5) is 0 Å². The minimum Gasteiger partial charge on any atom is -0.0616 e. The molecule has 0 bridgehead atoms. The number of fused-ring (bicyclic) bond motifs is 4. The van der Waals surface area contributed by atoms with Crippen molar-refractivity contribution in [2.45, 2.75) is 55.4 Å². The Kier molecular flexibility index (Phi) is 11.1. The van der Waals surface area contributed by atoms with Crippen molar-refractivity contribution in [2.24, 2.45) is 0 Å². The SMILES string of the molecule is Cc1cc2ccccc2cc1C.Cc1ccc2c(C)cccc2c1.Cc1ccc2ccc(C)cc2c1.Cc1ccc2cccc(C)c2c1. The van der Waals surface area contributed by atoms with Gasteiger partial charge in [0.2, 0.25) is 0 Å². The Morgan fingerprint density at radius 1 is 0.229 bits per heavy atom. The van der Waals surface area contributed by atoms with Crippen LogP contribution in [0.1, 0.15) is 44.5 Å². The van der Waals surface area contributed by atoms with Crippen molar-refractivity contribution < 1.29 is 0 Å². The van der Waals surface area contributed by atoms with E-state index in [2.05, 4.69) is 201 Å². The van der Waals surface area contributed by atoms with Crippen molar-refractivity contribution in [1.82, 2.24) is 0 Å². The summed E-state index contributed by atoms with van der Waals surface area (Å²) < 4.78 is 0. The third-order valence-corrected chi connectivity index (χ3v) is 9.02. The molecule has 8 rings (SSSR count). The summed E-state index contributed by atoms with van der Waals surface area (Å²) in [5.41, 5.74) is 10.8. The van der Waals surface area contributed by atoms with E-state index in [1.807, 2.05) is 0 Å². The lowest BCUT2D eigenvalue weighted by molar-refractivity contribution is 1.37. The van der Waals surface area contributed by atoms with Gasteiger partial charge in [-0.1, -0.05) is 168 Å². The molecule has 0 radical (unpaired) electrons. The standard InChI is InChI=1S/4C12H12/c1-9-3-5-11-6-4-10(2)8-12(11)7-9;1-9-6-7-12-10(2)4-3-5-11(12)8-9;1-9-6-7-11-5-3-4-10(2)12(11)8-9;1-9-7-11-5-3-4-6-12(11)8-10(9)2/h4*3-8H,1-2H3. The molecule has 0 N–H and O–H groups in total. The Hall–Kier alpha value is -5.20. The van der Waals surface area contributed by atoms with Gasteiger partial charge in [-0.05, 0) is 121 Å². The summed E-state index contributed by atoms with van der Waals surface area (Å²) >= 11 is 0. The zero-order valence-corrected chi connectivity index (χ0v) is 29.9. The second kappa shape index (κ2) is 15.6. The van der Waals surface area contributed by atoms with Crippen molar-refractivity contribution in [3.63, 3.8) is 0 Å². The van der Waals surface area contributed by atoms with Crippen LogP contribution < -0.4 is 0 Å². The summed E-state index contributed by atoms with van der Waals surface area (Å²) in [4.78, 5) is 0. The molecular formula is C48H48. The maximum Gasteiger partial charge on any atom is -0.0152 e. The zero-order valence-electron chi connectivity index (χ0n) is 29.9. The first-order valence-electron chi connectivity index (χ1n) is 16.9. The molecule has 0 fully saturated rings. The van der Waals surface area contributed by atoms with E-state index in [-0.39, 0.29) is 0 Å². The third kappa shape index (κ3) is 8.78. The molecule has 0 heterocycles. The van der Waals surface area contributed by atoms with Crippen LogP contribution >= 0.6 is 0 Å². The normalized spacial score (nSPS) is 10.5. The van der Waals surface area contributed by atoms with Gasteiger partial charge in [0.25, 0.3) is 0 Å². The number of hydrogen-bond donors (Lipinski definition) is 0. The lowest BCUT2D eigenvalue weighted by Crippen LogP contribution is -1.80. The molecule has 8 aromatic carbocycles. The van der Waals surface area contributed by atoms with Gasteiger partial charge in [0.05, 0.1) is 0 Å². The van der Waals surface area contributed by atoms with Gasteiger partial charge < -0.3 is 0 Å². The van der Waals surface area contributed by atoms with E-state index in [4.69, 9.17) is 0 Å². The summed E-state index contributed by atoms with van der Waals surface area (Å²) in [6.07, 6.45) is 0. The van der Waals surface area contributed by atoms with Crippen molar-refractivity contribution in [1.29, 1.82) is 0 Å². The fraction of sp³-hybridized carbons (Fsp3) is 0.167. The smallest absolute Gasteiger partial charge is 0.0152 e. The highest BCUT2D eigenvalue weighted by molar-refractivity contribution is 5.87. The molecule has 0 saturated heterocycles. The number of hydrogen-bond acceptors (Lipinski definition) is 0. The zero-order chi connectivity index (χ0) is 34.2. The van der Waals surface area contributed by atoms with E-state index >= 15 is 0 Å². The number of rotatable bonds is 0.